The van der Waals surface area contributed by atoms with Crippen molar-refractivity contribution in [3.05, 3.63) is 12.2 Å². The van der Waals surface area contributed by atoms with E-state index in [-0.39, 0.29) is 5.92 Å². The predicted octanol–water partition coefficient (Wildman–Crippen LogP) is 4.01. The van der Waals surface area contributed by atoms with Crippen molar-refractivity contribution in [2.75, 3.05) is 0 Å². The quantitative estimate of drug-likeness (QED) is 0.463. The third kappa shape index (κ3) is 9.51. The third-order valence-corrected chi connectivity index (χ3v) is 2.54. The largest absolute Gasteiger partial charge is 0.481 e. The lowest BCUT2D eigenvalue weighted by atomic mass is 10.1. The number of carboxylic acids is 1. The lowest BCUT2D eigenvalue weighted by Crippen LogP contribution is -2.05. The summed E-state index contributed by atoms with van der Waals surface area (Å²) in [6, 6.07) is 0. The second kappa shape index (κ2) is 9.75. The fraction of sp³-hybridized carbons (Fsp3) is 0.769. The zero-order chi connectivity index (χ0) is 11.5. The lowest BCUT2D eigenvalue weighted by Gasteiger charge is -1.99. The van der Waals surface area contributed by atoms with Gasteiger partial charge in [-0.05, 0) is 19.8 Å². The van der Waals surface area contributed by atoms with Crippen molar-refractivity contribution in [3.8, 4) is 0 Å². The summed E-state index contributed by atoms with van der Waals surface area (Å²) in [4.78, 5) is 10.5. The summed E-state index contributed by atoms with van der Waals surface area (Å²) in [6.45, 7) is 3.93. The molecule has 0 heterocycles. The van der Waals surface area contributed by atoms with Crippen molar-refractivity contribution >= 4 is 5.97 Å². The van der Waals surface area contributed by atoms with Crippen molar-refractivity contribution in [1.29, 1.82) is 0 Å². The van der Waals surface area contributed by atoms with E-state index in [1.807, 2.05) is 6.08 Å². The van der Waals surface area contributed by atoms with Gasteiger partial charge >= 0.3 is 5.97 Å². The Labute approximate surface area is 93.4 Å². The van der Waals surface area contributed by atoms with Crippen molar-refractivity contribution in [1.82, 2.24) is 0 Å². The van der Waals surface area contributed by atoms with Crippen LogP contribution in [-0.2, 0) is 4.79 Å². The van der Waals surface area contributed by atoms with E-state index in [1.54, 1.807) is 13.0 Å². The molecule has 0 aromatic heterocycles. The molecular formula is C13H24O2. The minimum atomic E-state index is -0.741. The number of aliphatic carboxylic acids is 1. The topological polar surface area (TPSA) is 37.3 Å². The molecule has 0 aliphatic carbocycles. The van der Waals surface area contributed by atoms with Gasteiger partial charge in [-0.25, -0.2) is 0 Å². The van der Waals surface area contributed by atoms with Crippen LogP contribution >= 0.6 is 0 Å². The van der Waals surface area contributed by atoms with Crippen LogP contribution in [0.15, 0.2) is 12.2 Å². The molecule has 0 fully saturated rings. The number of rotatable bonds is 9. The molecule has 0 aromatic carbocycles. The van der Waals surface area contributed by atoms with Gasteiger partial charge < -0.3 is 5.11 Å². The summed E-state index contributed by atoms with van der Waals surface area (Å²) in [5.74, 6) is -1.08. The first-order valence-corrected chi connectivity index (χ1v) is 6.08. The Morgan fingerprint density at radius 1 is 1.20 bits per heavy atom. The van der Waals surface area contributed by atoms with Crippen molar-refractivity contribution in [2.45, 2.75) is 58.8 Å². The Balaban J connectivity index is 3.27. The minimum absolute atomic E-state index is 0.343. The van der Waals surface area contributed by atoms with Crippen molar-refractivity contribution in [2.24, 2.45) is 5.92 Å². The Morgan fingerprint density at radius 3 is 2.40 bits per heavy atom. The summed E-state index contributed by atoms with van der Waals surface area (Å²) in [6.07, 6.45) is 12.5. The minimum Gasteiger partial charge on any atom is -0.481 e. The second-order valence-electron chi connectivity index (χ2n) is 4.11. The summed E-state index contributed by atoms with van der Waals surface area (Å²) in [5, 5.41) is 8.63. The van der Waals surface area contributed by atoms with E-state index in [1.165, 1.54) is 38.5 Å². The normalized spacial score (nSPS) is 13.2. The molecule has 0 saturated heterocycles. The molecule has 0 spiro atoms. The molecule has 0 aromatic rings. The molecule has 0 aliphatic rings. The van der Waals surface area contributed by atoms with E-state index < -0.39 is 5.97 Å². The van der Waals surface area contributed by atoms with Gasteiger partial charge in [-0.15, -0.1) is 0 Å². The van der Waals surface area contributed by atoms with Crippen molar-refractivity contribution in [3.63, 3.8) is 0 Å². The van der Waals surface area contributed by atoms with Crippen LogP contribution in [0.5, 0.6) is 0 Å². The van der Waals surface area contributed by atoms with Gasteiger partial charge in [0.1, 0.15) is 0 Å². The van der Waals surface area contributed by atoms with Crippen LogP contribution < -0.4 is 0 Å². The first kappa shape index (κ1) is 14.2. The van der Waals surface area contributed by atoms with E-state index in [2.05, 4.69) is 6.92 Å². The highest BCUT2D eigenvalue weighted by atomic mass is 16.4. The van der Waals surface area contributed by atoms with Crippen LogP contribution in [0.25, 0.3) is 0 Å². The Bertz CT molecular complexity index is 185. The third-order valence-electron chi connectivity index (χ3n) is 2.54. The number of carboxylic acid groups (broad SMARTS) is 1. The highest BCUT2D eigenvalue weighted by molar-refractivity contribution is 5.71. The molecule has 0 amide bonds. The zero-order valence-electron chi connectivity index (χ0n) is 10.0. The van der Waals surface area contributed by atoms with Crippen LogP contribution in [0.3, 0.4) is 0 Å². The first-order valence-electron chi connectivity index (χ1n) is 6.08. The first-order chi connectivity index (χ1) is 7.18. The van der Waals surface area contributed by atoms with Gasteiger partial charge in [-0.2, -0.15) is 0 Å². The maximum absolute atomic E-state index is 10.5. The fourth-order valence-electron chi connectivity index (χ4n) is 1.43. The second-order valence-corrected chi connectivity index (χ2v) is 4.11. The molecular weight excluding hydrogens is 188 g/mol. The zero-order valence-corrected chi connectivity index (χ0v) is 10.0. The molecule has 0 radical (unpaired) electrons. The molecule has 0 saturated carbocycles. The molecule has 1 N–H and O–H groups in total. The number of allylic oxidation sites excluding steroid dienone is 1. The van der Waals surface area contributed by atoms with Gasteiger partial charge in [0, 0.05) is 0 Å². The van der Waals surface area contributed by atoms with Gasteiger partial charge in [0.15, 0.2) is 0 Å². The molecule has 15 heavy (non-hydrogen) atoms. The average molecular weight is 212 g/mol. The summed E-state index contributed by atoms with van der Waals surface area (Å²) < 4.78 is 0. The number of carbonyl (C=O) groups is 1. The molecule has 2 nitrogen and oxygen atoms in total. The summed E-state index contributed by atoms with van der Waals surface area (Å²) in [5.41, 5.74) is 0. The van der Waals surface area contributed by atoms with Crippen LogP contribution in [0.2, 0.25) is 0 Å². The van der Waals surface area contributed by atoms with Crippen LogP contribution in [0, 0.1) is 5.92 Å². The van der Waals surface area contributed by atoms with E-state index in [0.717, 1.165) is 6.42 Å². The van der Waals surface area contributed by atoms with Crippen LogP contribution in [0.1, 0.15) is 58.8 Å². The van der Waals surface area contributed by atoms with E-state index in [0.29, 0.717) is 0 Å². The molecule has 0 bridgehead atoms. The Kier molecular flexibility index (Phi) is 9.24. The van der Waals surface area contributed by atoms with E-state index in [4.69, 9.17) is 5.11 Å². The maximum Gasteiger partial charge on any atom is 0.310 e. The summed E-state index contributed by atoms with van der Waals surface area (Å²) in [7, 11) is 0. The lowest BCUT2D eigenvalue weighted by molar-refractivity contribution is -0.139. The Hall–Kier alpha value is -0.790. The number of hydrogen-bond acceptors (Lipinski definition) is 1. The highest BCUT2D eigenvalue weighted by Gasteiger charge is 2.04. The van der Waals surface area contributed by atoms with E-state index >= 15 is 0 Å². The van der Waals surface area contributed by atoms with Gasteiger partial charge in [-0.1, -0.05) is 51.2 Å². The van der Waals surface area contributed by atoms with Gasteiger partial charge in [0.05, 0.1) is 5.92 Å². The van der Waals surface area contributed by atoms with Gasteiger partial charge in [0.2, 0.25) is 0 Å². The number of unbranched alkanes of at least 4 members (excludes halogenated alkanes) is 6. The van der Waals surface area contributed by atoms with Crippen LogP contribution in [-0.4, -0.2) is 11.1 Å². The molecule has 1 atom stereocenters. The predicted molar refractivity (Wildman–Crippen MR) is 63.9 cm³/mol. The highest BCUT2D eigenvalue weighted by Crippen LogP contribution is 2.08. The smallest absolute Gasteiger partial charge is 0.310 e. The van der Waals surface area contributed by atoms with Gasteiger partial charge in [0.25, 0.3) is 0 Å². The number of hydrogen-bond donors (Lipinski definition) is 1. The summed E-state index contributed by atoms with van der Waals surface area (Å²) >= 11 is 0. The molecule has 0 aliphatic heterocycles. The SMILES string of the molecule is CCCCCCCCC=CC(C)C(=O)O. The van der Waals surface area contributed by atoms with Gasteiger partial charge in [-0.3, -0.25) is 4.79 Å². The van der Waals surface area contributed by atoms with Crippen molar-refractivity contribution < 1.29 is 9.90 Å². The molecule has 88 valence electrons. The van der Waals surface area contributed by atoms with Crippen LogP contribution in [0.4, 0.5) is 0 Å². The van der Waals surface area contributed by atoms with E-state index in [9.17, 15) is 4.79 Å². The molecule has 0 rings (SSSR count). The monoisotopic (exact) mass is 212 g/mol. The average Bonchev–Trinajstić information content (AvgIpc) is 2.21. The fourth-order valence-corrected chi connectivity index (χ4v) is 1.43. The Morgan fingerprint density at radius 2 is 1.80 bits per heavy atom. The standard InChI is InChI=1S/C13H24O2/c1-3-4-5-6-7-8-9-10-11-12(2)13(14)15/h10-12H,3-9H2,1-2H3,(H,14,15). The molecule has 2 heteroatoms. The maximum atomic E-state index is 10.5. The molecule has 1 unspecified atom stereocenters.